The van der Waals surface area contributed by atoms with Gasteiger partial charge in [0, 0.05) is 30.2 Å². The first kappa shape index (κ1) is 18.4. The third-order valence-corrected chi connectivity index (χ3v) is 4.00. The van der Waals surface area contributed by atoms with Gasteiger partial charge < -0.3 is 14.6 Å². The molecule has 0 atom stereocenters. The van der Waals surface area contributed by atoms with E-state index in [4.69, 9.17) is 4.74 Å². The SMILES string of the molecule is CCc1cn(CCCCCNC(=O)OC(C)(C)C)c2ccccc12. The van der Waals surface area contributed by atoms with E-state index in [1.54, 1.807) is 0 Å². The van der Waals surface area contributed by atoms with Crippen molar-refractivity contribution >= 4 is 17.0 Å². The highest BCUT2D eigenvalue weighted by atomic mass is 16.6. The molecule has 4 heteroatoms. The summed E-state index contributed by atoms with van der Waals surface area (Å²) in [6, 6.07) is 8.60. The Morgan fingerprint density at radius 1 is 1.17 bits per heavy atom. The molecule has 0 bridgehead atoms. The number of aryl methyl sites for hydroxylation is 2. The van der Waals surface area contributed by atoms with Gasteiger partial charge in [0.25, 0.3) is 0 Å². The van der Waals surface area contributed by atoms with Crippen LogP contribution in [0.25, 0.3) is 10.9 Å². The summed E-state index contributed by atoms with van der Waals surface area (Å²) in [7, 11) is 0. The van der Waals surface area contributed by atoms with Gasteiger partial charge in [-0.15, -0.1) is 0 Å². The maximum Gasteiger partial charge on any atom is 0.407 e. The molecule has 1 heterocycles. The fourth-order valence-corrected chi connectivity index (χ4v) is 2.88. The zero-order valence-corrected chi connectivity index (χ0v) is 15.4. The van der Waals surface area contributed by atoms with Gasteiger partial charge in [-0.1, -0.05) is 25.1 Å². The summed E-state index contributed by atoms with van der Waals surface area (Å²) >= 11 is 0. The fraction of sp³-hybridized carbons (Fsp3) is 0.550. The number of amides is 1. The van der Waals surface area contributed by atoms with Crippen LogP contribution in [0, 0.1) is 0 Å². The van der Waals surface area contributed by atoms with E-state index in [0.29, 0.717) is 6.54 Å². The third kappa shape index (κ3) is 5.29. The minimum Gasteiger partial charge on any atom is -0.444 e. The van der Waals surface area contributed by atoms with E-state index in [2.05, 4.69) is 47.3 Å². The number of hydrogen-bond acceptors (Lipinski definition) is 2. The van der Waals surface area contributed by atoms with Crippen LogP contribution in [0.1, 0.15) is 52.5 Å². The average Bonchev–Trinajstić information content (AvgIpc) is 2.87. The van der Waals surface area contributed by atoms with Crippen LogP contribution in [0.5, 0.6) is 0 Å². The molecule has 2 rings (SSSR count). The van der Waals surface area contributed by atoms with Gasteiger partial charge in [-0.3, -0.25) is 0 Å². The number of carbonyl (C=O) groups is 1. The lowest BCUT2D eigenvalue weighted by atomic mass is 10.1. The molecule has 1 amide bonds. The largest absolute Gasteiger partial charge is 0.444 e. The van der Waals surface area contributed by atoms with Crippen LogP contribution in [-0.2, 0) is 17.7 Å². The molecule has 0 aliphatic carbocycles. The molecule has 1 aromatic heterocycles. The van der Waals surface area contributed by atoms with E-state index in [9.17, 15) is 4.79 Å². The molecule has 1 N–H and O–H groups in total. The van der Waals surface area contributed by atoms with Crippen molar-refractivity contribution in [3.63, 3.8) is 0 Å². The van der Waals surface area contributed by atoms with Crippen LogP contribution >= 0.6 is 0 Å². The number of carbonyl (C=O) groups excluding carboxylic acids is 1. The molecular formula is C20H30N2O2. The van der Waals surface area contributed by atoms with Crippen LogP contribution in [-0.4, -0.2) is 22.8 Å². The topological polar surface area (TPSA) is 43.3 Å². The minimum atomic E-state index is -0.434. The van der Waals surface area contributed by atoms with Crippen molar-refractivity contribution < 1.29 is 9.53 Å². The number of nitrogens with zero attached hydrogens (tertiary/aromatic N) is 1. The highest BCUT2D eigenvalue weighted by molar-refractivity contribution is 5.83. The lowest BCUT2D eigenvalue weighted by molar-refractivity contribution is 0.0527. The Hall–Kier alpha value is -1.97. The molecule has 0 saturated heterocycles. The van der Waals surface area contributed by atoms with Crippen molar-refractivity contribution in [1.82, 2.24) is 9.88 Å². The second-order valence-corrected chi connectivity index (χ2v) is 7.21. The Morgan fingerprint density at radius 2 is 1.92 bits per heavy atom. The van der Waals surface area contributed by atoms with Crippen LogP contribution in [0.2, 0.25) is 0 Å². The zero-order valence-electron chi connectivity index (χ0n) is 15.4. The summed E-state index contributed by atoms with van der Waals surface area (Å²) in [6.07, 6.45) is 6.18. The molecule has 0 spiro atoms. The molecule has 24 heavy (non-hydrogen) atoms. The van der Waals surface area contributed by atoms with Crippen molar-refractivity contribution in [2.45, 2.75) is 65.5 Å². The first-order valence-corrected chi connectivity index (χ1v) is 8.94. The van der Waals surface area contributed by atoms with Gasteiger partial charge in [0.1, 0.15) is 5.60 Å². The zero-order chi connectivity index (χ0) is 17.6. The number of nitrogens with one attached hydrogen (secondary N) is 1. The lowest BCUT2D eigenvalue weighted by Crippen LogP contribution is -2.33. The van der Waals surface area contributed by atoms with E-state index in [1.807, 2.05) is 20.8 Å². The van der Waals surface area contributed by atoms with E-state index in [-0.39, 0.29) is 6.09 Å². The molecule has 132 valence electrons. The Labute approximate surface area is 145 Å². The first-order chi connectivity index (χ1) is 11.4. The van der Waals surface area contributed by atoms with Gasteiger partial charge in [-0.05, 0) is 58.1 Å². The number of unbranched alkanes of at least 4 members (excludes halogenated alkanes) is 2. The predicted octanol–water partition coefficient (Wildman–Crippen LogP) is 4.90. The Kier molecular flexibility index (Phi) is 6.29. The number of aromatic nitrogens is 1. The second-order valence-electron chi connectivity index (χ2n) is 7.21. The molecule has 0 aliphatic rings. The summed E-state index contributed by atoms with van der Waals surface area (Å²) in [4.78, 5) is 11.6. The van der Waals surface area contributed by atoms with E-state index in [0.717, 1.165) is 32.2 Å². The number of hydrogen-bond donors (Lipinski definition) is 1. The van der Waals surface area contributed by atoms with Crippen molar-refractivity contribution in [2.75, 3.05) is 6.54 Å². The molecule has 0 fully saturated rings. The van der Waals surface area contributed by atoms with E-state index < -0.39 is 5.60 Å². The van der Waals surface area contributed by atoms with Gasteiger partial charge >= 0.3 is 6.09 Å². The minimum absolute atomic E-state index is 0.327. The summed E-state index contributed by atoms with van der Waals surface area (Å²) in [5.74, 6) is 0. The number of alkyl carbamates (subject to hydrolysis) is 1. The number of rotatable bonds is 7. The lowest BCUT2D eigenvalue weighted by Gasteiger charge is -2.19. The van der Waals surface area contributed by atoms with Crippen molar-refractivity contribution in [1.29, 1.82) is 0 Å². The van der Waals surface area contributed by atoms with E-state index in [1.165, 1.54) is 16.5 Å². The summed E-state index contributed by atoms with van der Waals surface area (Å²) < 4.78 is 7.58. The molecule has 1 aromatic carbocycles. The molecular weight excluding hydrogens is 300 g/mol. The molecule has 2 aromatic rings. The fourth-order valence-electron chi connectivity index (χ4n) is 2.88. The normalized spacial score (nSPS) is 11.7. The molecule has 0 radical (unpaired) electrons. The van der Waals surface area contributed by atoms with Crippen LogP contribution < -0.4 is 5.32 Å². The number of para-hydroxylation sites is 1. The number of benzene rings is 1. The average molecular weight is 330 g/mol. The van der Waals surface area contributed by atoms with E-state index >= 15 is 0 Å². The van der Waals surface area contributed by atoms with Gasteiger partial charge in [0.15, 0.2) is 0 Å². The van der Waals surface area contributed by atoms with Crippen LogP contribution in [0.3, 0.4) is 0 Å². The first-order valence-electron chi connectivity index (χ1n) is 8.94. The van der Waals surface area contributed by atoms with Gasteiger partial charge in [0.05, 0.1) is 0 Å². The standard InChI is InChI=1S/C20H30N2O2/c1-5-16-15-22(18-12-8-7-11-17(16)18)14-10-6-9-13-21-19(23)24-20(2,3)4/h7-8,11-12,15H,5-6,9-10,13-14H2,1-4H3,(H,21,23). The number of ether oxygens (including phenoxy) is 1. The number of fused-ring (bicyclic) bond motifs is 1. The Morgan fingerprint density at radius 3 is 2.62 bits per heavy atom. The van der Waals surface area contributed by atoms with Crippen molar-refractivity contribution in [3.8, 4) is 0 Å². The maximum absolute atomic E-state index is 11.6. The quantitative estimate of drug-likeness (QED) is 0.734. The van der Waals surface area contributed by atoms with Gasteiger partial charge in [0.2, 0.25) is 0 Å². The van der Waals surface area contributed by atoms with Crippen molar-refractivity contribution in [2.24, 2.45) is 0 Å². The highest BCUT2D eigenvalue weighted by Crippen LogP contribution is 2.22. The molecule has 0 unspecified atom stereocenters. The van der Waals surface area contributed by atoms with Gasteiger partial charge in [-0.25, -0.2) is 4.79 Å². The van der Waals surface area contributed by atoms with Crippen molar-refractivity contribution in [3.05, 3.63) is 36.0 Å². The monoisotopic (exact) mass is 330 g/mol. The molecule has 0 aliphatic heterocycles. The summed E-state index contributed by atoms with van der Waals surface area (Å²) in [5, 5.41) is 4.18. The third-order valence-electron chi connectivity index (χ3n) is 4.00. The highest BCUT2D eigenvalue weighted by Gasteiger charge is 2.15. The summed E-state index contributed by atoms with van der Waals surface area (Å²) in [6.45, 7) is 9.51. The van der Waals surface area contributed by atoms with Crippen LogP contribution in [0.15, 0.2) is 30.5 Å². The smallest absolute Gasteiger partial charge is 0.407 e. The Balaban J connectivity index is 1.73. The molecule has 0 saturated carbocycles. The summed E-state index contributed by atoms with van der Waals surface area (Å²) in [5.41, 5.74) is 2.30. The van der Waals surface area contributed by atoms with Crippen LogP contribution in [0.4, 0.5) is 4.79 Å². The molecule has 4 nitrogen and oxygen atoms in total. The Bertz CT molecular complexity index is 668. The second kappa shape index (κ2) is 8.22. The predicted molar refractivity (Wildman–Crippen MR) is 99.4 cm³/mol. The van der Waals surface area contributed by atoms with Gasteiger partial charge in [-0.2, -0.15) is 0 Å². The maximum atomic E-state index is 11.6.